The SMILES string of the molecule is Cn1cncc1-c1nccnc1[C@H]1CCCN(C(=O)c2ccccc2)C1. The van der Waals surface area contributed by atoms with Gasteiger partial charge in [0.15, 0.2) is 0 Å². The van der Waals surface area contributed by atoms with E-state index in [0.717, 1.165) is 42.0 Å². The van der Waals surface area contributed by atoms with Crippen LogP contribution in [0.1, 0.15) is 34.8 Å². The molecular formula is C20H21N5O. The first-order valence-corrected chi connectivity index (χ1v) is 8.86. The van der Waals surface area contributed by atoms with Crippen LogP contribution in [0.25, 0.3) is 11.4 Å². The molecule has 0 bridgehead atoms. The predicted molar refractivity (Wildman–Crippen MR) is 98.6 cm³/mol. The van der Waals surface area contributed by atoms with Crippen molar-refractivity contribution in [2.75, 3.05) is 13.1 Å². The summed E-state index contributed by atoms with van der Waals surface area (Å²) in [7, 11) is 1.95. The van der Waals surface area contributed by atoms with E-state index < -0.39 is 0 Å². The van der Waals surface area contributed by atoms with Crippen LogP contribution in [0.4, 0.5) is 0 Å². The zero-order valence-corrected chi connectivity index (χ0v) is 14.7. The second-order valence-electron chi connectivity index (χ2n) is 6.64. The van der Waals surface area contributed by atoms with Crippen LogP contribution in [0.2, 0.25) is 0 Å². The average molecular weight is 347 g/mol. The molecule has 0 N–H and O–H groups in total. The fourth-order valence-electron chi connectivity index (χ4n) is 3.58. The number of carbonyl (C=O) groups excluding carboxylic acids is 1. The van der Waals surface area contributed by atoms with E-state index in [1.165, 1.54) is 0 Å². The van der Waals surface area contributed by atoms with Gasteiger partial charge < -0.3 is 9.47 Å². The highest BCUT2D eigenvalue weighted by Crippen LogP contribution is 2.31. The van der Waals surface area contributed by atoms with Gasteiger partial charge in [0, 0.05) is 44.0 Å². The van der Waals surface area contributed by atoms with E-state index in [9.17, 15) is 4.79 Å². The third kappa shape index (κ3) is 3.10. The van der Waals surface area contributed by atoms with Crippen LogP contribution < -0.4 is 0 Å². The highest BCUT2D eigenvalue weighted by atomic mass is 16.2. The van der Waals surface area contributed by atoms with Crippen molar-refractivity contribution in [3.05, 3.63) is 66.5 Å². The molecule has 4 rings (SSSR count). The number of benzene rings is 1. The molecule has 1 aliphatic heterocycles. The van der Waals surface area contributed by atoms with Crippen molar-refractivity contribution in [1.82, 2.24) is 24.4 Å². The first-order valence-electron chi connectivity index (χ1n) is 8.86. The molecule has 132 valence electrons. The topological polar surface area (TPSA) is 63.9 Å². The Balaban J connectivity index is 1.61. The van der Waals surface area contributed by atoms with Crippen LogP contribution in [0.5, 0.6) is 0 Å². The standard InChI is InChI=1S/C20H21N5O/c1-24-14-21-12-17(24)19-18(22-9-10-23-19)16-8-5-11-25(13-16)20(26)15-6-3-2-4-7-15/h2-4,6-7,9-10,12,14,16H,5,8,11,13H2,1H3/t16-/m0/s1. The molecule has 26 heavy (non-hydrogen) atoms. The van der Waals surface area contributed by atoms with Gasteiger partial charge in [0.1, 0.15) is 5.69 Å². The minimum Gasteiger partial charge on any atom is -0.338 e. The van der Waals surface area contributed by atoms with Gasteiger partial charge in [-0.3, -0.25) is 14.8 Å². The van der Waals surface area contributed by atoms with Gasteiger partial charge >= 0.3 is 0 Å². The Kier molecular flexibility index (Phi) is 4.48. The molecule has 1 fully saturated rings. The lowest BCUT2D eigenvalue weighted by Crippen LogP contribution is -2.39. The number of likely N-dealkylation sites (tertiary alicyclic amines) is 1. The van der Waals surface area contributed by atoms with Gasteiger partial charge in [0.25, 0.3) is 5.91 Å². The number of rotatable bonds is 3. The third-order valence-corrected chi connectivity index (χ3v) is 4.90. The fraction of sp³-hybridized carbons (Fsp3) is 0.300. The second-order valence-corrected chi connectivity index (χ2v) is 6.64. The van der Waals surface area contributed by atoms with Gasteiger partial charge in [-0.1, -0.05) is 18.2 Å². The monoisotopic (exact) mass is 347 g/mol. The number of carbonyl (C=O) groups is 1. The van der Waals surface area contributed by atoms with Crippen LogP contribution >= 0.6 is 0 Å². The van der Waals surface area contributed by atoms with Gasteiger partial charge in [0.05, 0.1) is 23.9 Å². The minimum atomic E-state index is 0.0845. The summed E-state index contributed by atoms with van der Waals surface area (Å²) in [6.07, 6.45) is 8.98. The normalized spacial score (nSPS) is 17.3. The Morgan fingerprint density at radius 1 is 1.15 bits per heavy atom. The Labute approximate surface area is 152 Å². The zero-order valence-electron chi connectivity index (χ0n) is 14.7. The number of aryl methyl sites for hydroxylation is 1. The molecular weight excluding hydrogens is 326 g/mol. The Hall–Kier alpha value is -3.02. The third-order valence-electron chi connectivity index (χ3n) is 4.90. The van der Waals surface area contributed by atoms with E-state index >= 15 is 0 Å². The van der Waals surface area contributed by atoms with Crippen LogP contribution in [0.15, 0.2) is 55.2 Å². The number of amides is 1. The number of piperidine rings is 1. The lowest BCUT2D eigenvalue weighted by Gasteiger charge is -2.33. The van der Waals surface area contributed by atoms with Gasteiger partial charge in [-0.05, 0) is 25.0 Å². The van der Waals surface area contributed by atoms with E-state index in [1.54, 1.807) is 18.7 Å². The van der Waals surface area contributed by atoms with Crippen LogP contribution in [-0.4, -0.2) is 43.4 Å². The highest BCUT2D eigenvalue weighted by Gasteiger charge is 2.28. The molecule has 0 saturated carbocycles. The van der Waals surface area contributed by atoms with Gasteiger partial charge in [-0.2, -0.15) is 0 Å². The molecule has 0 aliphatic carbocycles. The Bertz CT molecular complexity index is 905. The summed E-state index contributed by atoms with van der Waals surface area (Å²) >= 11 is 0. The maximum absolute atomic E-state index is 12.8. The van der Waals surface area contributed by atoms with Crippen molar-refractivity contribution in [2.45, 2.75) is 18.8 Å². The number of aromatic nitrogens is 4. The molecule has 1 aromatic carbocycles. The number of nitrogens with zero attached hydrogens (tertiary/aromatic N) is 5. The molecule has 6 heteroatoms. The summed E-state index contributed by atoms with van der Waals surface area (Å²) in [4.78, 5) is 28.1. The quantitative estimate of drug-likeness (QED) is 0.731. The van der Waals surface area contributed by atoms with E-state index in [1.807, 2.05) is 53.0 Å². The molecule has 1 aliphatic rings. The summed E-state index contributed by atoms with van der Waals surface area (Å²) in [6.45, 7) is 1.45. The Morgan fingerprint density at radius 2 is 1.96 bits per heavy atom. The van der Waals surface area contributed by atoms with E-state index in [-0.39, 0.29) is 11.8 Å². The predicted octanol–water partition coefficient (Wildman–Crippen LogP) is 2.90. The minimum absolute atomic E-state index is 0.0845. The van der Waals surface area contributed by atoms with Gasteiger partial charge in [-0.15, -0.1) is 0 Å². The number of hydrogen-bond donors (Lipinski definition) is 0. The summed E-state index contributed by atoms with van der Waals surface area (Å²) in [6, 6.07) is 9.47. The zero-order chi connectivity index (χ0) is 17.9. The molecule has 0 unspecified atom stereocenters. The molecule has 2 aromatic heterocycles. The summed E-state index contributed by atoms with van der Waals surface area (Å²) in [5.41, 5.74) is 3.48. The first-order chi connectivity index (χ1) is 12.7. The van der Waals surface area contributed by atoms with Crippen LogP contribution in [0, 0.1) is 0 Å². The second kappa shape index (κ2) is 7.07. The smallest absolute Gasteiger partial charge is 0.253 e. The van der Waals surface area contributed by atoms with Crippen LogP contribution in [0.3, 0.4) is 0 Å². The molecule has 1 saturated heterocycles. The number of imidazole rings is 1. The van der Waals surface area contributed by atoms with E-state index in [0.29, 0.717) is 6.54 Å². The largest absolute Gasteiger partial charge is 0.338 e. The lowest BCUT2D eigenvalue weighted by molar-refractivity contribution is 0.0706. The summed E-state index contributed by atoms with van der Waals surface area (Å²) in [5, 5.41) is 0. The van der Waals surface area contributed by atoms with E-state index in [2.05, 4.69) is 15.0 Å². The average Bonchev–Trinajstić information content (AvgIpc) is 3.14. The fourth-order valence-corrected chi connectivity index (χ4v) is 3.58. The van der Waals surface area contributed by atoms with E-state index in [4.69, 9.17) is 0 Å². The Morgan fingerprint density at radius 3 is 2.73 bits per heavy atom. The molecule has 0 spiro atoms. The molecule has 3 aromatic rings. The summed E-state index contributed by atoms with van der Waals surface area (Å²) < 4.78 is 1.95. The molecule has 3 heterocycles. The lowest BCUT2D eigenvalue weighted by atomic mass is 9.92. The molecule has 1 amide bonds. The maximum atomic E-state index is 12.8. The van der Waals surface area contributed by atoms with Crippen molar-refractivity contribution < 1.29 is 4.79 Å². The van der Waals surface area contributed by atoms with Crippen molar-refractivity contribution >= 4 is 5.91 Å². The van der Waals surface area contributed by atoms with Crippen molar-refractivity contribution in [3.8, 4) is 11.4 Å². The highest BCUT2D eigenvalue weighted by molar-refractivity contribution is 5.94. The maximum Gasteiger partial charge on any atom is 0.253 e. The van der Waals surface area contributed by atoms with Gasteiger partial charge in [0.2, 0.25) is 0 Å². The van der Waals surface area contributed by atoms with Crippen molar-refractivity contribution in [1.29, 1.82) is 0 Å². The van der Waals surface area contributed by atoms with Gasteiger partial charge in [-0.25, -0.2) is 4.98 Å². The molecule has 0 radical (unpaired) electrons. The summed E-state index contributed by atoms with van der Waals surface area (Å²) in [5.74, 6) is 0.260. The van der Waals surface area contributed by atoms with Crippen LogP contribution in [-0.2, 0) is 7.05 Å². The van der Waals surface area contributed by atoms with Crippen molar-refractivity contribution in [3.63, 3.8) is 0 Å². The number of hydrogen-bond acceptors (Lipinski definition) is 4. The molecule has 1 atom stereocenters. The van der Waals surface area contributed by atoms with Crippen molar-refractivity contribution in [2.24, 2.45) is 7.05 Å². The molecule has 6 nitrogen and oxygen atoms in total. The first kappa shape index (κ1) is 16.4.